The lowest BCUT2D eigenvalue weighted by molar-refractivity contribution is 0.290. The molecule has 28 heavy (non-hydrogen) atoms. The summed E-state index contributed by atoms with van der Waals surface area (Å²) < 4.78 is 55.4. The van der Waals surface area contributed by atoms with Crippen LogP contribution in [0.5, 0.6) is 11.8 Å². The van der Waals surface area contributed by atoms with Crippen LogP contribution in [0.3, 0.4) is 0 Å². The first-order valence-corrected chi connectivity index (χ1v) is 9.83. The predicted molar refractivity (Wildman–Crippen MR) is 96.5 cm³/mol. The Hall–Kier alpha value is -3.21. The number of ether oxygens (including phenoxy) is 2. The SMILES string of the molecule is CCOc1ncc(F)cc1S(=O)(=O)[N-]c1cnc2c(c1)-c1ccnn1CCO2. The van der Waals surface area contributed by atoms with Gasteiger partial charge in [-0.05, 0) is 19.1 Å². The molecule has 0 fully saturated rings. The third-order valence-corrected chi connectivity index (χ3v) is 5.24. The van der Waals surface area contributed by atoms with Crippen LogP contribution in [-0.2, 0) is 16.6 Å². The molecule has 11 heteroatoms. The van der Waals surface area contributed by atoms with Gasteiger partial charge in [0.2, 0.25) is 11.8 Å². The van der Waals surface area contributed by atoms with Crippen LogP contribution in [0, 0.1) is 5.82 Å². The molecule has 0 radical (unpaired) electrons. The van der Waals surface area contributed by atoms with Crippen LogP contribution >= 0.6 is 0 Å². The van der Waals surface area contributed by atoms with Crippen molar-refractivity contribution in [3.05, 3.63) is 47.3 Å². The fourth-order valence-electron chi connectivity index (χ4n) is 2.78. The van der Waals surface area contributed by atoms with E-state index in [2.05, 4.69) is 19.8 Å². The van der Waals surface area contributed by atoms with E-state index in [-0.39, 0.29) is 18.2 Å². The molecule has 1 aliphatic heterocycles. The minimum atomic E-state index is -4.29. The van der Waals surface area contributed by atoms with Crippen molar-refractivity contribution >= 4 is 15.7 Å². The van der Waals surface area contributed by atoms with Gasteiger partial charge in [-0.25, -0.2) is 22.8 Å². The van der Waals surface area contributed by atoms with Gasteiger partial charge in [-0.2, -0.15) is 5.10 Å². The number of hydrogen-bond acceptors (Lipinski definition) is 7. The highest BCUT2D eigenvalue weighted by Gasteiger charge is 2.19. The lowest BCUT2D eigenvalue weighted by atomic mass is 10.2. The zero-order valence-corrected chi connectivity index (χ0v) is 15.6. The van der Waals surface area contributed by atoms with E-state index in [1.54, 1.807) is 23.9 Å². The molecule has 9 nitrogen and oxygen atoms in total. The normalized spacial score (nSPS) is 13.1. The Morgan fingerprint density at radius 1 is 1.32 bits per heavy atom. The molecule has 146 valence electrons. The summed E-state index contributed by atoms with van der Waals surface area (Å²) in [5.74, 6) is -0.663. The molecule has 0 spiro atoms. The van der Waals surface area contributed by atoms with Crippen molar-refractivity contribution in [1.82, 2.24) is 19.7 Å². The van der Waals surface area contributed by atoms with Crippen LogP contribution in [0.2, 0.25) is 0 Å². The van der Waals surface area contributed by atoms with Gasteiger partial charge in [-0.15, -0.1) is 5.69 Å². The second-order valence-electron chi connectivity index (χ2n) is 5.79. The molecule has 4 heterocycles. The summed E-state index contributed by atoms with van der Waals surface area (Å²) in [6.07, 6.45) is 3.79. The minimum Gasteiger partial charge on any atom is -0.571 e. The van der Waals surface area contributed by atoms with Gasteiger partial charge in [-0.1, -0.05) is 6.07 Å². The minimum absolute atomic E-state index is 0.0590. The van der Waals surface area contributed by atoms with Gasteiger partial charge in [0.1, 0.15) is 27.3 Å². The maximum atomic E-state index is 13.6. The lowest BCUT2D eigenvalue weighted by Gasteiger charge is -2.23. The zero-order valence-electron chi connectivity index (χ0n) is 14.7. The number of aromatic nitrogens is 4. The van der Waals surface area contributed by atoms with Crippen molar-refractivity contribution < 1.29 is 22.3 Å². The molecule has 0 amide bonds. The van der Waals surface area contributed by atoms with Crippen LogP contribution in [0.4, 0.5) is 10.1 Å². The van der Waals surface area contributed by atoms with Crippen LogP contribution < -0.4 is 9.47 Å². The summed E-state index contributed by atoms with van der Waals surface area (Å²) in [4.78, 5) is 7.41. The summed E-state index contributed by atoms with van der Waals surface area (Å²) >= 11 is 0. The Morgan fingerprint density at radius 3 is 3.00 bits per heavy atom. The monoisotopic (exact) mass is 404 g/mol. The van der Waals surface area contributed by atoms with E-state index in [0.29, 0.717) is 24.6 Å². The molecule has 1 aliphatic rings. The molecule has 0 unspecified atom stereocenters. The van der Waals surface area contributed by atoms with Crippen molar-refractivity contribution in [2.75, 3.05) is 13.2 Å². The lowest BCUT2D eigenvalue weighted by Crippen LogP contribution is -2.06. The van der Waals surface area contributed by atoms with E-state index in [1.807, 2.05) is 0 Å². The number of nitrogens with zero attached hydrogens (tertiary/aromatic N) is 5. The molecule has 3 aromatic rings. The first kappa shape index (κ1) is 18.2. The summed E-state index contributed by atoms with van der Waals surface area (Å²) in [6.45, 7) is 2.76. The van der Waals surface area contributed by atoms with E-state index < -0.39 is 20.7 Å². The van der Waals surface area contributed by atoms with Crippen LogP contribution in [0.1, 0.15) is 6.92 Å². The standard InChI is InChI=1S/C17H15FN5O4S/c1-2-26-17-15(7-11(18)9-19-17)28(24,25)22-12-8-13-14-3-4-21-23(14)5-6-27-16(13)20-10-12/h3-4,7-10H,2,5-6H2,1H3/q-1. The predicted octanol–water partition coefficient (Wildman–Crippen LogP) is 2.66. The van der Waals surface area contributed by atoms with E-state index in [0.717, 1.165) is 18.0 Å². The molecule has 0 atom stereocenters. The largest absolute Gasteiger partial charge is 0.571 e. The third kappa shape index (κ3) is 3.36. The highest BCUT2D eigenvalue weighted by Crippen LogP contribution is 2.37. The fourth-order valence-corrected chi connectivity index (χ4v) is 3.85. The Labute approximate surface area is 160 Å². The van der Waals surface area contributed by atoms with Crippen molar-refractivity contribution in [1.29, 1.82) is 0 Å². The number of fused-ring (bicyclic) bond motifs is 3. The van der Waals surface area contributed by atoms with Gasteiger partial charge >= 0.3 is 0 Å². The van der Waals surface area contributed by atoms with Gasteiger partial charge in [0.25, 0.3) is 0 Å². The molecule has 0 aromatic carbocycles. The second kappa shape index (κ2) is 7.08. The van der Waals surface area contributed by atoms with Crippen LogP contribution in [-0.4, -0.2) is 41.4 Å². The maximum absolute atomic E-state index is 13.6. The number of hydrogen-bond donors (Lipinski definition) is 0. The van der Waals surface area contributed by atoms with Gasteiger partial charge in [-0.3, -0.25) is 4.68 Å². The first-order chi connectivity index (χ1) is 13.5. The third-order valence-electron chi connectivity index (χ3n) is 3.94. The summed E-state index contributed by atoms with van der Waals surface area (Å²) in [5, 5.41) is 4.20. The highest BCUT2D eigenvalue weighted by molar-refractivity contribution is 7.94. The molecule has 0 aliphatic carbocycles. The average molecular weight is 404 g/mol. The Morgan fingerprint density at radius 2 is 2.18 bits per heavy atom. The maximum Gasteiger partial charge on any atom is 0.231 e. The quantitative estimate of drug-likeness (QED) is 0.643. The summed E-state index contributed by atoms with van der Waals surface area (Å²) in [6, 6.07) is 4.13. The van der Waals surface area contributed by atoms with E-state index in [1.165, 1.54) is 12.3 Å². The van der Waals surface area contributed by atoms with E-state index in [4.69, 9.17) is 9.47 Å². The van der Waals surface area contributed by atoms with E-state index in [9.17, 15) is 12.8 Å². The molecule has 4 rings (SSSR count). The van der Waals surface area contributed by atoms with Crippen molar-refractivity contribution in [2.45, 2.75) is 18.4 Å². The molecular weight excluding hydrogens is 389 g/mol. The Bertz CT molecular complexity index is 1130. The number of sulfonamides is 1. The topological polar surface area (TPSA) is 110 Å². The second-order valence-corrected chi connectivity index (χ2v) is 7.36. The van der Waals surface area contributed by atoms with Gasteiger partial charge in [0.05, 0.1) is 30.6 Å². The number of halogens is 1. The Balaban J connectivity index is 1.72. The van der Waals surface area contributed by atoms with Gasteiger partial charge in [0.15, 0.2) is 0 Å². The molecule has 0 saturated heterocycles. The van der Waals surface area contributed by atoms with Crippen LogP contribution in [0.25, 0.3) is 16.0 Å². The molecule has 3 aromatic heterocycles. The molecule has 0 bridgehead atoms. The smallest absolute Gasteiger partial charge is 0.231 e. The summed E-state index contributed by atoms with van der Waals surface area (Å²) in [7, 11) is -4.29. The highest BCUT2D eigenvalue weighted by atomic mass is 32.2. The molecule has 0 saturated carbocycles. The first-order valence-electron chi connectivity index (χ1n) is 8.39. The van der Waals surface area contributed by atoms with E-state index >= 15 is 0 Å². The molecule has 0 N–H and O–H groups in total. The van der Waals surface area contributed by atoms with Crippen LogP contribution in [0.15, 0.2) is 41.7 Å². The fraction of sp³-hybridized carbons (Fsp3) is 0.235. The molecular formula is C17H15FN5O4S-. The van der Waals surface area contributed by atoms with Crippen molar-refractivity contribution in [3.8, 4) is 23.0 Å². The van der Waals surface area contributed by atoms with Gasteiger partial charge in [0, 0.05) is 12.4 Å². The Kier molecular flexibility index (Phi) is 4.59. The van der Waals surface area contributed by atoms with Crippen molar-refractivity contribution in [2.24, 2.45) is 0 Å². The summed E-state index contributed by atoms with van der Waals surface area (Å²) in [5.41, 5.74) is 1.36. The number of rotatable bonds is 5. The van der Waals surface area contributed by atoms with Crippen molar-refractivity contribution in [3.63, 3.8) is 0 Å². The van der Waals surface area contributed by atoms with Gasteiger partial charge < -0.3 is 14.2 Å². The zero-order chi connectivity index (χ0) is 19.7. The average Bonchev–Trinajstić information content (AvgIpc) is 3.06. The number of pyridine rings is 2.